The van der Waals surface area contributed by atoms with Crippen molar-refractivity contribution in [2.24, 2.45) is 5.92 Å². The highest BCUT2D eigenvalue weighted by Crippen LogP contribution is 2.30. The minimum absolute atomic E-state index is 0.0758. The van der Waals surface area contributed by atoms with Crippen LogP contribution in [0.3, 0.4) is 0 Å². The van der Waals surface area contributed by atoms with E-state index in [1.165, 1.54) is 24.6 Å². The Bertz CT molecular complexity index is 618. The van der Waals surface area contributed by atoms with Crippen LogP contribution in [0.5, 0.6) is 0 Å². The average molecular weight is 299 g/mol. The van der Waals surface area contributed by atoms with Gasteiger partial charge in [0.25, 0.3) is 0 Å². The van der Waals surface area contributed by atoms with E-state index >= 15 is 0 Å². The normalized spacial score (nSPS) is 17.5. The van der Waals surface area contributed by atoms with E-state index in [0.29, 0.717) is 5.92 Å². The van der Waals surface area contributed by atoms with Crippen LogP contribution in [0.2, 0.25) is 5.02 Å². The molecule has 1 N–H and O–H groups in total. The van der Waals surface area contributed by atoms with Crippen LogP contribution in [-0.2, 0) is 10.0 Å². The SMILES string of the molecule is CC(NS(=O)(=O)c1ccc(C#N)c(Cl)c1)C1CCC1. The lowest BCUT2D eigenvalue weighted by Gasteiger charge is -2.31. The molecule has 1 saturated carbocycles. The first-order chi connectivity index (χ1) is 8.94. The highest BCUT2D eigenvalue weighted by molar-refractivity contribution is 7.89. The number of benzene rings is 1. The molecule has 0 aromatic heterocycles. The molecule has 0 heterocycles. The van der Waals surface area contributed by atoms with Crippen molar-refractivity contribution in [2.75, 3.05) is 0 Å². The van der Waals surface area contributed by atoms with Gasteiger partial charge in [-0.1, -0.05) is 18.0 Å². The molecule has 1 unspecified atom stereocenters. The van der Waals surface area contributed by atoms with E-state index in [0.717, 1.165) is 12.8 Å². The van der Waals surface area contributed by atoms with Gasteiger partial charge in [-0.2, -0.15) is 5.26 Å². The van der Waals surface area contributed by atoms with Gasteiger partial charge in [0, 0.05) is 6.04 Å². The number of sulfonamides is 1. The van der Waals surface area contributed by atoms with Gasteiger partial charge in [0.05, 0.1) is 15.5 Å². The highest BCUT2D eigenvalue weighted by Gasteiger charge is 2.28. The molecule has 6 heteroatoms. The van der Waals surface area contributed by atoms with Crippen LogP contribution in [-0.4, -0.2) is 14.5 Å². The van der Waals surface area contributed by atoms with Crippen LogP contribution < -0.4 is 4.72 Å². The molecular weight excluding hydrogens is 284 g/mol. The Kier molecular flexibility index (Phi) is 4.14. The van der Waals surface area contributed by atoms with Gasteiger partial charge in [-0.15, -0.1) is 0 Å². The number of hydrogen-bond acceptors (Lipinski definition) is 3. The lowest BCUT2D eigenvalue weighted by Crippen LogP contribution is -2.40. The summed E-state index contributed by atoms with van der Waals surface area (Å²) in [6, 6.07) is 5.97. The molecule has 1 aromatic rings. The third-order valence-electron chi connectivity index (χ3n) is 3.57. The number of rotatable bonds is 4. The number of hydrogen-bond donors (Lipinski definition) is 1. The average Bonchev–Trinajstić information content (AvgIpc) is 2.25. The number of nitriles is 1. The van der Waals surface area contributed by atoms with Crippen molar-refractivity contribution in [1.29, 1.82) is 5.26 Å². The summed E-state index contributed by atoms with van der Waals surface area (Å²) in [7, 11) is -3.57. The topological polar surface area (TPSA) is 70.0 Å². The lowest BCUT2D eigenvalue weighted by atomic mass is 9.81. The Morgan fingerprint density at radius 1 is 1.47 bits per heavy atom. The Morgan fingerprint density at radius 3 is 2.63 bits per heavy atom. The van der Waals surface area contributed by atoms with Crippen LogP contribution >= 0.6 is 11.6 Å². The summed E-state index contributed by atoms with van der Waals surface area (Å²) in [6.07, 6.45) is 3.30. The minimum Gasteiger partial charge on any atom is -0.208 e. The molecule has 2 rings (SSSR count). The van der Waals surface area contributed by atoms with Gasteiger partial charge < -0.3 is 0 Å². The van der Waals surface area contributed by atoms with Gasteiger partial charge in [0.2, 0.25) is 10.0 Å². The number of nitrogens with zero attached hydrogens (tertiary/aromatic N) is 1. The number of nitrogens with one attached hydrogen (secondary N) is 1. The van der Waals surface area contributed by atoms with Crippen molar-refractivity contribution in [1.82, 2.24) is 4.72 Å². The zero-order valence-corrected chi connectivity index (χ0v) is 12.1. The largest absolute Gasteiger partial charge is 0.240 e. The molecular formula is C13H15ClN2O2S. The second kappa shape index (κ2) is 5.49. The minimum atomic E-state index is -3.57. The highest BCUT2D eigenvalue weighted by atomic mass is 35.5. The molecule has 102 valence electrons. The molecule has 1 aliphatic carbocycles. The summed E-state index contributed by atoms with van der Waals surface area (Å²) in [6.45, 7) is 1.88. The summed E-state index contributed by atoms with van der Waals surface area (Å²) in [4.78, 5) is 0.0997. The maximum Gasteiger partial charge on any atom is 0.240 e. The summed E-state index contributed by atoms with van der Waals surface area (Å²) in [5, 5.41) is 8.92. The van der Waals surface area contributed by atoms with Gasteiger partial charge in [-0.3, -0.25) is 0 Å². The first-order valence-corrected chi connectivity index (χ1v) is 8.02. The van der Waals surface area contributed by atoms with E-state index in [4.69, 9.17) is 16.9 Å². The molecule has 1 fully saturated rings. The van der Waals surface area contributed by atoms with Crippen LogP contribution in [0.4, 0.5) is 0 Å². The molecule has 1 aliphatic rings. The summed E-state index contributed by atoms with van der Waals surface area (Å²) in [5.74, 6) is 0.420. The fourth-order valence-corrected chi connectivity index (χ4v) is 3.73. The third-order valence-corrected chi connectivity index (χ3v) is 5.44. The van der Waals surface area contributed by atoms with Crippen molar-refractivity contribution in [2.45, 2.75) is 37.1 Å². The Balaban J connectivity index is 2.19. The Morgan fingerprint density at radius 2 is 2.16 bits per heavy atom. The predicted molar refractivity (Wildman–Crippen MR) is 73.3 cm³/mol. The third kappa shape index (κ3) is 3.08. The van der Waals surface area contributed by atoms with E-state index in [1.54, 1.807) is 0 Å². The van der Waals surface area contributed by atoms with E-state index in [-0.39, 0.29) is 21.5 Å². The van der Waals surface area contributed by atoms with E-state index in [2.05, 4.69) is 4.72 Å². The van der Waals surface area contributed by atoms with Gasteiger partial charge in [-0.25, -0.2) is 13.1 Å². The van der Waals surface area contributed by atoms with E-state index in [1.807, 2.05) is 13.0 Å². The van der Waals surface area contributed by atoms with Crippen molar-refractivity contribution in [3.63, 3.8) is 0 Å². The first-order valence-electron chi connectivity index (χ1n) is 6.16. The molecule has 0 amide bonds. The summed E-state index contributed by atoms with van der Waals surface area (Å²) < 4.78 is 27.0. The Hall–Kier alpha value is -1.09. The van der Waals surface area contributed by atoms with Crippen LogP contribution in [0.15, 0.2) is 23.1 Å². The quantitative estimate of drug-likeness (QED) is 0.929. The van der Waals surface area contributed by atoms with Gasteiger partial charge in [-0.05, 0) is 43.9 Å². The van der Waals surface area contributed by atoms with E-state index < -0.39 is 10.0 Å². The standard InChI is InChI=1S/C13H15ClN2O2S/c1-9(10-3-2-4-10)16-19(17,18)12-6-5-11(8-15)13(14)7-12/h5-7,9-10,16H,2-4H2,1H3. The van der Waals surface area contributed by atoms with Crippen molar-refractivity contribution in [3.8, 4) is 6.07 Å². The molecule has 4 nitrogen and oxygen atoms in total. The monoisotopic (exact) mass is 298 g/mol. The van der Waals surface area contributed by atoms with Gasteiger partial charge >= 0.3 is 0 Å². The molecule has 0 spiro atoms. The van der Waals surface area contributed by atoms with Crippen LogP contribution in [0.25, 0.3) is 0 Å². The van der Waals surface area contributed by atoms with Gasteiger partial charge in [0.1, 0.15) is 6.07 Å². The van der Waals surface area contributed by atoms with Gasteiger partial charge in [0.15, 0.2) is 0 Å². The van der Waals surface area contributed by atoms with Crippen LogP contribution in [0.1, 0.15) is 31.7 Å². The fourth-order valence-electron chi connectivity index (χ4n) is 2.10. The maximum atomic E-state index is 12.2. The maximum absolute atomic E-state index is 12.2. The zero-order chi connectivity index (χ0) is 14.0. The van der Waals surface area contributed by atoms with Crippen LogP contribution in [0, 0.1) is 17.2 Å². The number of halogens is 1. The fraction of sp³-hybridized carbons (Fsp3) is 0.462. The summed E-state index contributed by atoms with van der Waals surface area (Å²) >= 11 is 5.86. The molecule has 1 atom stereocenters. The first kappa shape index (κ1) is 14.3. The van der Waals surface area contributed by atoms with Crippen molar-refractivity contribution in [3.05, 3.63) is 28.8 Å². The van der Waals surface area contributed by atoms with Crippen molar-refractivity contribution >= 4 is 21.6 Å². The molecule has 1 aromatic carbocycles. The van der Waals surface area contributed by atoms with E-state index in [9.17, 15) is 8.42 Å². The molecule has 0 aliphatic heterocycles. The second-order valence-corrected chi connectivity index (χ2v) is 6.98. The molecule has 0 radical (unpaired) electrons. The lowest BCUT2D eigenvalue weighted by molar-refractivity contribution is 0.260. The second-order valence-electron chi connectivity index (χ2n) is 4.85. The smallest absolute Gasteiger partial charge is 0.208 e. The molecule has 0 saturated heterocycles. The Labute approximate surface area is 118 Å². The molecule has 19 heavy (non-hydrogen) atoms. The zero-order valence-electron chi connectivity index (χ0n) is 10.6. The van der Waals surface area contributed by atoms with Crippen molar-refractivity contribution < 1.29 is 8.42 Å². The molecule has 0 bridgehead atoms. The predicted octanol–water partition coefficient (Wildman–Crippen LogP) is 2.68. The summed E-state index contributed by atoms with van der Waals surface area (Å²) in [5.41, 5.74) is 0.271.